The molecule has 0 fully saturated rings. The van der Waals surface area contributed by atoms with Gasteiger partial charge in [0.25, 0.3) is 0 Å². The Labute approximate surface area is 156 Å². The first-order chi connectivity index (χ1) is 12.8. The first kappa shape index (κ1) is 18.8. The molecule has 142 valence electrons. The van der Waals surface area contributed by atoms with E-state index >= 15 is 0 Å². The molecule has 0 atom stereocenters. The maximum absolute atomic E-state index is 12.6. The summed E-state index contributed by atoms with van der Waals surface area (Å²) in [6.45, 7) is 1.05. The number of carbonyl (C=O) groups excluding carboxylic acids is 1. The van der Waals surface area contributed by atoms with Crippen LogP contribution in [0.15, 0.2) is 34.0 Å². The van der Waals surface area contributed by atoms with E-state index in [1.54, 1.807) is 17.0 Å². The van der Waals surface area contributed by atoms with Gasteiger partial charge in [-0.1, -0.05) is 12.1 Å². The molecule has 1 amide bonds. The molecule has 0 saturated heterocycles. The van der Waals surface area contributed by atoms with E-state index in [2.05, 4.69) is 5.10 Å². The van der Waals surface area contributed by atoms with E-state index < -0.39 is 9.84 Å². The number of hydrogen-bond donors (Lipinski definition) is 0. The van der Waals surface area contributed by atoms with Crippen LogP contribution >= 0.6 is 0 Å². The largest absolute Gasteiger partial charge is 0.346 e. The van der Waals surface area contributed by atoms with Gasteiger partial charge in [-0.3, -0.25) is 9.36 Å². The van der Waals surface area contributed by atoms with Gasteiger partial charge in [-0.05, 0) is 17.7 Å². The fourth-order valence-electron chi connectivity index (χ4n) is 3.02. The highest BCUT2D eigenvalue weighted by atomic mass is 32.2. The van der Waals surface area contributed by atoms with Crippen molar-refractivity contribution < 1.29 is 13.2 Å². The van der Waals surface area contributed by atoms with Crippen LogP contribution in [0.1, 0.15) is 11.4 Å². The number of sulfone groups is 1. The molecule has 9 nitrogen and oxygen atoms in total. The van der Waals surface area contributed by atoms with Crippen LogP contribution in [0.3, 0.4) is 0 Å². The topological polar surface area (TPSA) is 118 Å². The van der Waals surface area contributed by atoms with E-state index in [-0.39, 0.29) is 29.5 Å². The van der Waals surface area contributed by atoms with E-state index in [1.807, 2.05) is 6.07 Å². The predicted octanol–water partition coefficient (Wildman–Crippen LogP) is -0.401. The first-order valence-electron chi connectivity index (χ1n) is 8.40. The van der Waals surface area contributed by atoms with Crippen molar-refractivity contribution in [2.45, 2.75) is 30.8 Å². The Balaban J connectivity index is 1.67. The Morgan fingerprint density at radius 1 is 1.22 bits per heavy atom. The van der Waals surface area contributed by atoms with Crippen LogP contribution in [0.4, 0.5) is 0 Å². The molecule has 0 aliphatic carbocycles. The molecule has 0 bridgehead atoms. The summed E-state index contributed by atoms with van der Waals surface area (Å²) >= 11 is 0. The zero-order chi connectivity index (χ0) is 19.6. The zero-order valence-corrected chi connectivity index (χ0v) is 15.6. The maximum atomic E-state index is 12.6. The fraction of sp³-hybridized carbons (Fsp3) is 0.412. The second-order valence-corrected chi connectivity index (χ2v) is 8.41. The second-order valence-electron chi connectivity index (χ2n) is 6.39. The Morgan fingerprint density at radius 2 is 1.93 bits per heavy atom. The van der Waals surface area contributed by atoms with Crippen LogP contribution in [0.2, 0.25) is 0 Å². The summed E-state index contributed by atoms with van der Waals surface area (Å²) < 4.78 is 25.6. The molecule has 0 saturated carbocycles. The quantitative estimate of drug-likeness (QED) is 0.702. The normalized spacial score (nSPS) is 14.3. The van der Waals surface area contributed by atoms with Gasteiger partial charge in [0, 0.05) is 32.3 Å². The minimum Gasteiger partial charge on any atom is -0.340 e. The molecule has 0 spiro atoms. The van der Waals surface area contributed by atoms with Gasteiger partial charge in [0.2, 0.25) is 5.91 Å². The van der Waals surface area contributed by atoms with Crippen molar-refractivity contribution >= 4 is 15.7 Å². The van der Waals surface area contributed by atoms with Gasteiger partial charge in [-0.15, -0.1) is 0 Å². The number of fused-ring (bicyclic) bond motifs is 1. The van der Waals surface area contributed by atoms with E-state index in [0.29, 0.717) is 31.9 Å². The summed E-state index contributed by atoms with van der Waals surface area (Å²) in [5, 5.41) is 12.9. The van der Waals surface area contributed by atoms with E-state index in [4.69, 9.17) is 5.26 Å². The van der Waals surface area contributed by atoms with E-state index in [9.17, 15) is 18.0 Å². The molecule has 2 aromatic rings. The smallest absolute Gasteiger partial charge is 0.340 e. The predicted molar refractivity (Wildman–Crippen MR) is 95.6 cm³/mol. The summed E-state index contributed by atoms with van der Waals surface area (Å²) in [5.74, 6) is 0.480. The molecule has 1 aromatic heterocycles. The molecule has 10 heteroatoms. The van der Waals surface area contributed by atoms with Crippen LogP contribution in [0.25, 0.3) is 0 Å². The maximum Gasteiger partial charge on any atom is 0.346 e. The van der Waals surface area contributed by atoms with Gasteiger partial charge in [0.15, 0.2) is 9.84 Å². The van der Waals surface area contributed by atoms with Gasteiger partial charge in [-0.25, -0.2) is 13.2 Å². The lowest BCUT2D eigenvalue weighted by Gasteiger charge is -2.20. The first-order valence-corrected chi connectivity index (χ1v) is 10.3. The highest BCUT2D eigenvalue weighted by Gasteiger charge is 2.22. The molecular formula is C17H19N5O4S. The third-order valence-electron chi connectivity index (χ3n) is 4.48. The van der Waals surface area contributed by atoms with Crippen molar-refractivity contribution in [2.24, 2.45) is 0 Å². The highest BCUT2D eigenvalue weighted by Crippen LogP contribution is 2.12. The molecule has 3 rings (SSSR count). The Kier molecular flexibility index (Phi) is 5.14. The summed E-state index contributed by atoms with van der Waals surface area (Å²) in [6.07, 6.45) is 1.73. The third-order valence-corrected chi connectivity index (χ3v) is 5.61. The highest BCUT2D eigenvalue weighted by molar-refractivity contribution is 7.90. The lowest BCUT2D eigenvalue weighted by Crippen LogP contribution is -2.36. The van der Waals surface area contributed by atoms with Gasteiger partial charge in [-0.2, -0.15) is 15.0 Å². The number of amides is 1. The minimum absolute atomic E-state index is 0.0923. The molecule has 2 heterocycles. The number of nitriles is 1. The van der Waals surface area contributed by atoms with Crippen molar-refractivity contribution in [1.82, 2.24) is 19.2 Å². The third kappa shape index (κ3) is 4.09. The zero-order valence-electron chi connectivity index (χ0n) is 14.8. The van der Waals surface area contributed by atoms with Crippen LogP contribution in [0.5, 0.6) is 0 Å². The Bertz CT molecular complexity index is 1060. The summed E-state index contributed by atoms with van der Waals surface area (Å²) in [4.78, 5) is 26.7. The van der Waals surface area contributed by atoms with Crippen molar-refractivity contribution in [2.75, 3.05) is 19.3 Å². The standard InChI is InChI=1S/C17H19N5O4S/c1-27(25,26)14-4-2-13(3-5-14)12-16(23)20-8-6-15-19-22(9-7-18)17(24)21(15)11-10-20/h2-5H,6,8-12H2,1H3. The number of aromatic nitrogens is 3. The second kappa shape index (κ2) is 7.36. The molecule has 0 N–H and O–H groups in total. The fourth-order valence-corrected chi connectivity index (χ4v) is 3.65. The van der Waals surface area contributed by atoms with E-state index in [1.165, 1.54) is 16.7 Å². The average Bonchev–Trinajstić information content (AvgIpc) is 2.79. The van der Waals surface area contributed by atoms with Crippen LogP contribution in [-0.4, -0.2) is 52.9 Å². The monoisotopic (exact) mass is 389 g/mol. The molecule has 27 heavy (non-hydrogen) atoms. The number of rotatable bonds is 4. The van der Waals surface area contributed by atoms with Crippen molar-refractivity contribution in [3.8, 4) is 6.07 Å². The summed E-state index contributed by atoms with van der Waals surface area (Å²) in [6, 6.07) is 8.16. The summed E-state index contributed by atoms with van der Waals surface area (Å²) in [5.41, 5.74) is 0.392. The molecule has 0 radical (unpaired) electrons. The lowest BCUT2D eigenvalue weighted by atomic mass is 10.1. The van der Waals surface area contributed by atoms with E-state index in [0.717, 1.165) is 16.5 Å². The van der Waals surface area contributed by atoms with Gasteiger partial charge in [0.1, 0.15) is 12.4 Å². The molecule has 1 aliphatic rings. The van der Waals surface area contributed by atoms with Crippen LogP contribution in [0, 0.1) is 11.3 Å². The molecule has 1 aromatic carbocycles. The Hall–Kier alpha value is -2.93. The van der Waals surface area contributed by atoms with Crippen LogP contribution in [-0.2, 0) is 40.6 Å². The van der Waals surface area contributed by atoms with Gasteiger partial charge >= 0.3 is 5.69 Å². The number of benzene rings is 1. The summed E-state index contributed by atoms with van der Waals surface area (Å²) in [7, 11) is -3.27. The number of nitrogens with zero attached hydrogens (tertiary/aromatic N) is 5. The molecule has 0 unspecified atom stereocenters. The Morgan fingerprint density at radius 3 is 2.56 bits per heavy atom. The van der Waals surface area contributed by atoms with Crippen molar-refractivity contribution in [1.29, 1.82) is 5.26 Å². The number of carbonyl (C=O) groups is 1. The number of hydrogen-bond acceptors (Lipinski definition) is 6. The van der Waals surface area contributed by atoms with Crippen LogP contribution < -0.4 is 5.69 Å². The van der Waals surface area contributed by atoms with Crippen molar-refractivity contribution in [3.63, 3.8) is 0 Å². The van der Waals surface area contributed by atoms with Gasteiger partial charge in [0.05, 0.1) is 17.4 Å². The lowest BCUT2D eigenvalue weighted by molar-refractivity contribution is -0.130. The van der Waals surface area contributed by atoms with Gasteiger partial charge < -0.3 is 4.90 Å². The van der Waals surface area contributed by atoms with Crippen molar-refractivity contribution in [3.05, 3.63) is 46.1 Å². The molecular weight excluding hydrogens is 370 g/mol. The SMILES string of the molecule is CS(=O)(=O)c1ccc(CC(=O)N2CCc3nn(CC#N)c(=O)n3CC2)cc1. The average molecular weight is 389 g/mol. The minimum atomic E-state index is -3.27. The molecule has 1 aliphatic heterocycles.